The highest BCUT2D eigenvalue weighted by Crippen LogP contribution is 2.37. The zero-order chi connectivity index (χ0) is 18.6. The van der Waals surface area contributed by atoms with Crippen LogP contribution in [0.5, 0.6) is 0 Å². The van der Waals surface area contributed by atoms with Crippen molar-refractivity contribution < 1.29 is 43.7 Å². The maximum atomic E-state index is 11.8. The summed E-state index contributed by atoms with van der Waals surface area (Å²) in [4.78, 5) is 15.8. The van der Waals surface area contributed by atoms with E-state index in [1.165, 1.54) is 0 Å². The maximum Gasteiger partial charge on any atom is 0.472 e. The molecule has 0 heterocycles. The van der Waals surface area contributed by atoms with Crippen molar-refractivity contribution in [1.82, 2.24) is 10.6 Å². The molecule has 0 aliphatic rings. The Labute approximate surface area is 134 Å². The number of aliphatic hydroxyl groups excluding tert-OH is 4. The van der Waals surface area contributed by atoms with Crippen molar-refractivity contribution in [2.24, 2.45) is 0 Å². The van der Waals surface area contributed by atoms with E-state index in [0.29, 0.717) is 32.3 Å². The van der Waals surface area contributed by atoms with E-state index in [-0.39, 0.29) is 26.4 Å². The zero-order valence-corrected chi connectivity index (χ0v) is 13.7. The smallest absolute Gasteiger partial charge is 0.395 e. The second kappa shape index (κ2) is 21.5. The van der Waals surface area contributed by atoms with Crippen LogP contribution < -0.4 is 10.6 Å². The second-order valence-electron chi connectivity index (χ2n) is 3.58. The predicted molar refractivity (Wildman–Crippen MR) is 82.3 cm³/mol. The van der Waals surface area contributed by atoms with Gasteiger partial charge in [0, 0.05) is 26.2 Å². The molecule has 0 aliphatic carbocycles. The lowest BCUT2D eigenvalue weighted by molar-refractivity contribution is 0.0731. The van der Waals surface area contributed by atoms with Crippen molar-refractivity contribution in [1.29, 1.82) is 0 Å². The fourth-order valence-electron chi connectivity index (χ4n) is 0.740. The molecule has 23 heavy (non-hydrogen) atoms. The Balaban J connectivity index is -0.000000264. The molecule has 0 fully saturated rings. The first kappa shape index (κ1) is 27.4. The number of nitrogens with one attached hydrogen (secondary N) is 2. The number of hydrogen-bond acceptors (Lipinski definition) is 8. The second-order valence-corrected chi connectivity index (χ2v) is 4.77. The minimum absolute atomic E-state index is 0.139. The lowest BCUT2D eigenvalue weighted by atomic mass is 10.6. The van der Waals surface area contributed by atoms with Gasteiger partial charge in [0.25, 0.3) is 0 Å². The summed E-state index contributed by atoms with van der Waals surface area (Å²) >= 11 is 0. The Morgan fingerprint density at radius 3 is 1.39 bits per heavy atom. The minimum atomic E-state index is -4.68. The number of phosphoric ester groups is 1. The first-order valence-electron chi connectivity index (χ1n) is 6.64. The Morgan fingerprint density at radius 2 is 1.26 bits per heavy atom. The summed E-state index contributed by atoms with van der Waals surface area (Å²) in [5.41, 5.74) is 0. The van der Waals surface area contributed by atoms with Crippen molar-refractivity contribution >= 4 is 7.82 Å². The monoisotopic (exact) mass is 366 g/mol. The molecule has 0 aromatic rings. The number of rotatable bonds is 11. The van der Waals surface area contributed by atoms with Crippen LogP contribution in [-0.4, -0.2) is 89.2 Å². The normalized spacial score (nSPS) is 11.6. The Kier molecular flexibility index (Phi) is 25.7. The number of hydrogen-bond donors (Lipinski definition) is 8. The van der Waals surface area contributed by atoms with Gasteiger partial charge in [-0.05, 0) is 6.08 Å². The summed E-state index contributed by atoms with van der Waals surface area (Å²) in [6, 6.07) is 0. The van der Waals surface area contributed by atoms with Crippen LogP contribution in [-0.2, 0) is 9.09 Å². The van der Waals surface area contributed by atoms with E-state index in [4.69, 9.17) is 30.2 Å². The molecule has 1 unspecified atom stereocenters. The molecule has 0 radical (unpaired) electrons. The molecule has 0 aliphatic heterocycles. The van der Waals surface area contributed by atoms with Gasteiger partial charge in [-0.2, -0.15) is 0 Å². The topological polar surface area (TPSA) is 172 Å². The van der Waals surface area contributed by atoms with Crippen molar-refractivity contribution in [2.75, 3.05) is 52.6 Å². The first-order valence-corrected chi connectivity index (χ1v) is 8.17. The van der Waals surface area contributed by atoms with Gasteiger partial charge in [-0.15, -0.1) is 0 Å². The molecule has 0 saturated heterocycles. The molecule has 0 rings (SSSR count). The molecule has 0 aromatic carbocycles. The van der Waals surface area contributed by atoms with E-state index in [0.717, 1.165) is 0 Å². The van der Waals surface area contributed by atoms with Crippen LogP contribution in [0.3, 0.4) is 0 Å². The first-order chi connectivity index (χ1) is 10.8. The fraction of sp³-hybridized carbons (Fsp3) is 0.818. The quantitative estimate of drug-likeness (QED) is 0.113. The average molecular weight is 366 g/mol. The van der Waals surface area contributed by atoms with Gasteiger partial charge >= 0.3 is 7.82 Å². The summed E-state index contributed by atoms with van der Waals surface area (Å²) < 4.78 is 25.0. The van der Waals surface area contributed by atoms with Gasteiger partial charge in [-0.3, -0.25) is 0 Å². The molecule has 0 amide bonds. The molecule has 0 bridgehead atoms. The van der Waals surface area contributed by atoms with Gasteiger partial charge in [0.1, 0.15) is 0 Å². The van der Waals surface area contributed by atoms with Crippen LogP contribution >= 0.6 is 7.82 Å². The molecule has 0 saturated carbocycles. The molecular formula is C11H28FN2O8P. The van der Waals surface area contributed by atoms with Crippen molar-refractivity contribution in [2.45, 2.75) is 6.36 Å². The van der Waals surface area contributed by atoms with E-state index in [1.807, 2.05) is 0 Å². The molecule has 0 aromatic heterocycles. The lowest BCUT2D eigenvalue weighted by Crippen LogP contribution is -2.21. The lowest BCUT2D eigenvalue weighted by Gasteiger charge is -2.04. The van der Waals surface area contributed by atoms with Gasteiger partial charge in [0.15, 0.2) is 0 Å². The third-order valence-electron chi connectivity index (χ3n) is 1.58. The van der Waals surface area contributed by atoms with E-state index >= 15 is 0 Å². The van der Waals surface area contributed by atoms with E-state index in [9.17, 15) is 8.96 Å². The number of phosphoric acid groups is 1. The predicted octanol–water partition coefficient (Wildman–Crippen LogP) is -2.30. The zero-order valence-electron chi connectivity index (χ0n) is 12.8. The van der Waals surface area contributed by atoms with Gasteiger partial charge < -0.3 is 40.8 Å². The summed E-state index contributed by atoms with van der Waals surface area (Å²) in [7, 11) is -4.68. The van der Waals surface area contributed by atoms with Gasteiger partial charge in [-0.25, -0.2) is 13.5 Å². The molecule has 0 spiro atoms. The molecule has 1 atom stereocenters. The Hall–Kier alpha value is -0.460. The van der Waals surface area contributed by atoms with Crippen molar-refractivity contribution in [3.63, 3.8) is 0 Å². The van der Waals surface area contributed by atoms with Crippen LogP contribution in [0.2, 0.25) is 0 Å². The standard InChI is InChI=1S/2C4H11NO2.C3H6FO4P/c2*6-3-1-5-2-4-7;1-2-3(4)8-9(5,6)7/h2*5-7H,1-4H2;2-3H,1H2,(H2,5,6,7). The van der Waals surface area contributed by atoms with Crippen LogP contribution in [0.1, 0.15) is 0 Å². The number of aliphatic hydroxyl groups is 4. The van der Waals surface area contributed by atoms with Gasteiger partial charge in [-0.1, -0.05) is 6.58 Å². The van der Waals surface area contributed by atoms with E-state index in [1.54, 1.807) is 0 Å². The fourth-order valence-corrected chi connectivity index (χ4v) is 1.09. The minimum Gasteiger partial charge on any atom is -0.395 e. The Bertz CT molecular complexity index is 265. The number of halogens is 1. The van der Waals surface area contributed by atoms with Crippen LogP contribution in [0.15, 0.2) is 12.7 Å². The molecule has 12 heteroatoms. The third kappa shape index (κ3) is 38.9. The summed E-state index contributed by atoms with van der Waals surface area (Å²) in [5, 5.41) is 38.2. The SMILES string of the molecule is C=CC(F)OP(=O)(O)O.OCCNCCO.OCCNCCO. The molecule has 10 nitrogen and oxygen atoms in total. The van der Waals surface area contributed by atoms with Crippen LogP contribution in [0.25, 0.3) is 0 Å². The summed E-state index contributed by atoms with van der Waals surface area (Å²) in [6.45, 7) is 5.74. The van der Waals surface area contributed by atoms with Gasteiger partial charge in [0.2, 0.25) is 6.36 Å². The van der Waals surface area contributed by atoms with Crippen molar-refractivity contribution in [3.05, 3.63) is 12.7 Å². The van der Waals surface area contributed by atoms with Gasteiger partial charge in [0.05, 0.1) is 26.4 Å². The third-order valence-corrected chi connectivity index (χ3v) is 2.05. The Morgan fingerprint density at radius 1 is 0.957 bits per heavy atom. The van der Waals surface area contributed by atoms with Crippen molar-refractivity contribution in [3.8, 4) is 0 Å². The largest absolute Gasteiger partial charge is 0.472 e. The highest BCUT2D eigenvalue weighted by molar-refractivity contribution is 7.46. The van der Waals surface area contributed by atoms with Crippen LogP contribution in [0, 0.1) is 0 Å². The van der Waals surface area contributed by atoms with Crippen LogP contribution in [0.4, 0.5) is 4.39 Å². The summed E-state index contributed by atoms with van der Waals surface area (Å²) in [6.07, 6.45) is -1.47. The molecule has 142 valence electrons. The highest BCUT2D eigenvalue weighted by Gasteiger charge is 2.18. The summed E-state index contributed by atoms with van der Waals surface area (Å²) in [5.74, 6) is 0. The van der Waals surface area contributed by atoms with E-state index in [2.05, 4.69) is 21.7 Å². The average Bonchev–Trinajstić information content (AvgIpc) is 2.48. The molecular weight excluding hydrogens is 338 g/mol. The number of alkyl halides is 1. The highest BCUT2D eigenvalue weighted by atomic mass is 31.2. The van der Waals surface area contributed by atoms with E-state index < -0.39 is 14.2 Å². The maximum absolute atomic E-state index is 11.8. The molecule has 8 N–H and O–H groups in total.